The molecule has 0 aliphatic carbocycles. The fraction of sp³-hybridized carbons (Fsp3) is 0.417. The van der Waals surface area contributed by atoms with E-state index in [9.17, 15) is 13.2 Å². The first kappa shape index (κ1) is 24.6. The molecule has 0 bridgehead atoms. The summed E-state index contributed by atoms with van der Waals surface area (Å²) in [5.41, 5.74) is 2.00. The highest BCUT2D eigenvalue weighted by Gasteiger charge is 2.41. The molecule has 186 valence electrons. The van der Waals surface area contributed by atoms with E-state index in [1.807, 2.05) is 26.0 Å². The number of sulfonamides is 1. The van der Waals surface area contributed by atoms with E-state index in [4.69, 9.17) is 9.72 Å². The Morgan fingerprint density at radius 1 is 1.23 bits per heavy atom. The minimum Gasteiger partial charge on any atom is -0.478 e. The second-order valence-corrected chi connectivity index (χ2v) is 10.8. The summed E-state index contributed by atoms with van der Waals surface area (Å²) in [4.78, 5) is 24.7. The SMILES string of the molecule is CCOc1cc(C)cc(-c2ccc(C(=O)NS(=O)(=O)c3cc[nH]n3)c(N3CCC(C)C3(C)C)n2)n1. The van der Waals surface area contributed by atoms with Crippen molar-refractivity contribution in [2.24, 2.45) is 5.92 Å². The van der Waals surface area contributed by atoms with Gasteiger partial charge in [0.25, 0.3) is 15.9 Å². The summed E-state index contributed by atoms with van der Waals surface area (Å²) in [7, 11) is -4.14. The molecule has 1 aliphatic heterocycles. The van der Waals surface area contributed by atoms with Crippen LogP contribution in [0.4, 0.5) is 5.82 Å². The fourth-order valence-electron chi connectivity index (χ4n) is 4.20. The maximum Gasteiger partial charge on any atom is 0.283 e. The van der Waals surface area contributed by atoms with E-state index in [0.717, 1.165) is 12.0 Å². The Bertz CT molecular complexity index is 1340. The summed E-state index contributed by atoms with van der Waals surface area (Å²) in [5, 5.41) is 5.86. The van der Waals surface area contributed by atoms with Gasteiger partial charge in [-0.25, -0.2) is 14.7 Å². The Balaban J connectivity index is 1.79. The number of rotatable bonds is 7. The molecule has 0 aromatic carbocycles. The third-order valence-corrected chi connectivity index (χ3v) is 7.77. The summed E-state index contributed by atoms with van der Waals surface area (Å²) in [5.74, 6) is 0.476. The lowest BCUT2D eigenvalue weighted by molar-refractivity contribution is 0.0981. The van der Waals surface area contributed by atoms with Crippen LogP contribution in [0.2, 0.25) is 0 Å². The third-order valence-electron chi connectivity index (χ3n) is 6.54. The molecule has 10 nitrogen and oxygen atoms in total. The van der Waals surface area contributed by atoms with Crippen molar-refractivity contribution in [3.8, 4) is 17.3 Å². The topological polar surface area (TPSA) is 130 Å². The number of nitrogens with one attached hydrogen (secondary N) is 2. The summed E-state index contributed by atoms with van der Waals surface area (Å²) in [6.45, 7) is 11.4. The van der Waals surface area contributed by atoms with Crippen LogP contribution in [0.3, 0.4) is 0 Å². The minimum atomic E-state index is -4.14. The van der Waals surface area contributed by atoms with Gasteiger partial charge in [0.15, 0.2) is 5.03 Å². The van der Waals surface area contributed by atoms with Gasteiger partial charge in [-0.15, -0.1) is 0 Å². The molecule has 35 heavy (non-hydrogen) atoms. The predicted octanol–water partition coefficient (Wildman–Crippen LogP) is 3.32. The molecule has 1 unspecified atom stereocenters. The van der Waals surface area contributed by atoms with Gasteiger partial charge in [-0.2, -0.15) is 13.5 Å². The fourth-order valence-corrected chi connectivity index (χ4v) is 5.08. The normalized spacial score (nSPS) is 17.4. The maximum absolute atomic E-state index is 13.2. The number of H-pyrrole nitrogens is 1. The molecule has 0 saturated carbocycles. The van der Waals surface area contributed by atoms with Crippen LogP contribution in [0, 0.1) is 12.8 Å². The number of ether oxygens (including phenoxy) is 1. The molecule has 0 spiro atoms. The summed E-state index contributed by atoms with van der Waals surface area (Å²) >= 11 is 0. The van der Waals surface area contributed by atoms with Gasteiger partial charge in [-0.05, 0) is 69.9 Å². The van der Waals surface area contributed by atoms with Crippen LogP contribution in [0.1, 0.15) is 50.0 Å². The number of aromatic amines is 1. The van der Waals surface area contributed by atoms with Gasteiger partial charge in [-0.3, -0.25) is 9.89 Å². The number of hydrogen-bond donors (Lipinski definition) is 2. The monoisotopic (exact) mass is 498 g/mol. The van der Waals surface area contributed by atoms with Gasteiger partial charge in [0.1, 0.15) is 5.82 Å². The second kappa shape index (κ2) is 9.29. The molecule has 1 aliphatic rings. The molecule has 3 aromatic rings. The lowest BCUT2D eigenvalue weighted by atomic mass is 9.90. The van der Waals surface area contributed by atoms with Crippen LogP contribution >= 0.6 is 0 Å². The molecule has 0 radical (unpaired) electrons. The lowest BCUT2D eigenvalue weighted by Crippen LogP contribution is -2.43. The number of carbonyl (C=O) groups is 1. The molecule has 1 atom stereocenters. The lowest BCUT2D eigenvalue weighted by Gasteiger charge is -2.36. The zero-order chi connectivity index (χ0) is 25.4. The van der Waals surface area contributed by atoms with Crippen molar-refractivity contribution in [1.29, 1.82) is 0 Å². The van der Waals surface area contributed by atoms with E-state index in [1.54, 1.807) is 12.1 Å². The molecule has 1 saturated heterocycles. The molecule has 3 aromatic heterocycles. The first-order valence-corrected chi connectivity index (χ1v) is 13.0. The number of carbonyl (C=O) groups excluding carboxylic acids is 1. The van der Waals surface area contributed by atoms with Crippen LogP contribution in [0.15, 0.2) is 41.6 Å². The molecule has 4 heterocycles. The minimum absolute atomic E-state index is 0.160. The number of pyridine rings is 2. The van der Waals surface area contributed by atoms with E-state index < -0.39 is 15.9 Å². The van der Waals surface area contributed by atoms with E-state index in [2.05, 4.69) is 45.6 Å². The number of nitrogens with zero attached hydrogens (tertiary/aromatic N) is 4. The first-order valence-electron chi connectivity index (χ1n) is 11.5. The van der Waals surface area contributed by atoms with Crippen molar-refractivity contribution in [3.63, 3.8) is 0 Å². The zero-order valence-electron chi connectivity index (χ0n) is 20.5. The Morgan fingerprint density at radius 3 is 2.63 bits per heavy atom. The van der Waals surface area contributed by atoms with E-state index in [-0.39, 0.29) is 16.1 Å². The largest absolute Gasteiger partial charge is 0.478 e. The smallest absolute Gasteiger partial charge is 0.283 e. The quantitative estimate of drug-likeness (QED) is 0.507. The van der Waals surface area contributed by atoms with Crippen LogP contribution in [-0.4, -0.2) is 53.2 Å². The number of aryl methyl sites for hydroxylation is 1. The van der Waals surface area contributed by atoms with Gasteiger partial charge in [0.2, 0.25) is 5.88 Å². The molecular weight excluding hydrogens is 468 g/mol. The van der Waals surface area contributed by atoms with E-state index in [1.165, 1.54) is 12.3 Å². The number of hydrogen-bond acceptors (Lipinski definition) is 8. The average molecular weight is 499 g/mol. The Labute approximate surface area is 205 Å². The van der Waals surface area contributed by atoms with Crippen LogP contribution in [0.25, 0.3) is 11.4 Å². The van der Waals surface area contributed by atoms with Crippen molar-refractivity contribution in [1.82, 2.24) is 24.9 Å². The highest BCUT2D eigenvalue weighted by molar-refractivity contribution is 7.90. The van der Waals surface area contributed by atoms with Gasteiger partial charge >= 0.3 is 0 Å². The standard InChI is InChI=1S/C24H30N6O4S/c1-6-34-20-14-15(2)13-19(26-20)18-8-7-17(22(27-18)30-12-10-16(3)24(30,4)5)23(31)29-35(32,33)21-9-11-25-28-21/h7-9,11,13-14,16H,6,10,12H2,1-5H3,(H,25,28)(H,29,31). The zero-order valence-corrected chi connectivity index (χ0v) is 21.3. The van der Waals surface area contributed by atoms with Gasteiger partial charge in [-0.1, -0.05) is 6.92 Å². The average Bonchev–Trinajstić information content (AvgIpc) is 3.42. The van der Waals surface area contributed by atoms with Crippen molar-refractivity contribution in [3.05, 3.63) is 47.7 Å². The molecule has 2 N–H and O–H groups in total. The number of anilines is 1. The van der Waals surface area contributed by atoms with Gasteiger partial charge in [0.05, 0.1) is 23.6 Å². The molecule has 1 fully saturated rings. The van der Waals surface area contributed by atoms with Crippen LogP contribution in [0.5, 0.6) is 5.88 Å². The summed E-state index contributed by atoms with van der Waals surface area (Å²) in [6.07, 6.45) is 2.29. The Hall–Kier alpha value is -3.47. The third kappa shape index (κ3) is 4.86. The van der Waals surface area contributed by atoms with Crippen molar-refractivity contribution in [2.75, 3.05) is 18.1 Å². The molecule has 4 rings (SSSR count). The highest BCUT2D eigenvalue weighted by atomic mass is 32.2. The number of aromatic nitrogens is 4. The first-order chi connectivity index (χ1) is 16.5. The predicted molar refractivity (Wildman–Crippen MR) is 132 cm³/mol. The van der Waals surface area contributed by atoms with Gasteiger partial charge in [0, 0.05) is 24.3 Å². The van der Waals surface area contributed by atoms with Crippen molar-refractivity contribution >= 4 is 21.7 Å². The number of amides is 1. The summed E-state index contributed by atoms with van der Waals surface area (Å²) in [6, 6.07) is 8.29. The van der Waals surface area contributed by atoms with Crippen molar-refractivity contribution < 1.29 is 17.9 Å². The Morgan fingerprint density at radius 2 is 2.00 bits per heavy atom. The maximum atomic E-state index is 13.2. The molecule has 1 amide bonds. The van der Waals surface area contributed by atoms with Crippen LogP contribution in [-0.2, 0) is 10.0 Å². The highest BCUT2D eigenvalue weighted by Crippen LogP contribution is 2.39. The Kier molecular flexibility index (Phi) is 6.54. The van der Waals surface area contributed by atoms with Crippen LogP contribution < -0.4 is 14.4 Å². The molecule has 11 heteroatoms. The van der Waals surface area contributed by atoms with Crippen molar-refractivity contribution in [2.45, 2.75) is 51.6 Å². The van der Waals surface area contributed by atoms with E-state index >= 15 is 0 Å². The van der Waals surface area contributed by atoms with E-state index in [0.29, 0.717) is 42.2 Å². The summed E-state index contributed by atoms with van der Waals surface area (Å²) < 4.78 is 33.0. The van der Waals surface area contributed by atoms with Gasteiger partial charge < -0.3 is 9.64 Å². The second-order valence-electron chi connectivity index (χ2n) is 9.21. The molecular formula is C24H30N6O4S.